The topological polar surface area (TPSA) is 78.5 Å². The molecule has 6 nitrogen and oxygen atoms in total. The van der Waals surface area contributed by atoms with Gasteiger partial charge in [0.1, 0.15) is 6.04 Å². The Morgan fingerprint density at radius 1 is 1.00 bits per heavy atom. The first kappa shape index (κ1) is 21.1. The van der Waals surface area contributed by atoms with Gasteiger partial charge in [-0.25, -0.2) is 0 Å². The van der Waals surface area contributed by atoms with Gasteiger partial charge >= 0.3 is 0 Å². The third-order valence-corrected chi connectivity index (χ3v) is 6.09. The van der Waals surface area contributed by atoms with E-state index in [1.165, 1.54) is 5.56 Å². The van der Waals surface area contributed by atoms with Crippen molar-refractivity contribution in [2.24, 2.45) is 0 Å². The second-order valence-corrected chi connectivity index (χ2v) is 8.76. The highest BCUT2D eigenvalue weighted by atomic mass is 16.2. The highest BCUT2D eigenvalue weighted by Crippen LogP contribution is 2.41. The van der Waals surface area contributed by atoms with Crippen molar-refractivity contribution in [3.05, 3.63) is 70.8 Å². The van der Waals surface area contributed by atoms with Crippen LogP contribution in [0.4, 0.5) is 0 Å². The van der Waals surface area contributed by atoms with E-state index < -0.39 is 6.04 Å². The molecule has 0 radical (unpaired) electrons. The fourth-order valence-corrected chi connectivity index (χ4v) is 4.14. The van der Waals surface area contributed by atoms with Gasteiger partial charge in [-0.3, -0.25) is 14.4 Å². The van der Waals surface area contributed by atoms with Gasteiger partial charge in [0.2, 0.25) is 11.8 Å². The summed E-state index contributed by atoms with van der Waals surface area (Å²) in [6, 6.07) is 14.7. The van der Waals surface area contributed by atoms with Crippen LogP contribution in [0, 0.1) is 0 Å². The van der Waals surface area contributed by atoms with Crippen molar-refractivity contribution in [2.45, 2.75) is 57.7 Å². The molecule has 1 aliphatic carbocycles. The van der Waals surface area contributed by atoms with E-state index in [1.54, 1.807) is 11.0 Å². The van der Waals surface area contributed by atoms with Crippen LogP contribution >= 0.6 is 0 Å². The quantitative estimate of drug-likeness (QED) is 0.721. The zero-order valence-electron chi connectivity index (χ0n) is 18.2. The smallest absolute Gasteiger partial charge is 0.255 e. The molecule has 2 N–H and O–H groups in total. The maximum Gasteiger partial charge on any atom is 0.255 e. The van der Waals surface area contributed by atoms with Crippen molar-refractivity contribution < 1.29 is 14.4 Å². The number of carbonyl (C=O) groups is 3. The van der Waals surface area contributed by atoms with Gasteiger partial charge in [0.15, 0.2) is 0 Å². The van der Waals surface area contributed by atoms with Crippen LogP contribution < -0.4 is 10.6 Å². The number of nitrogens with zero attached hydrogens (tertiary/aromatic N) is 1. The van der Waals surface area contributed by atoms with E-state index >= 15 is 0 Å². The summed E-state index contributed by atoms with van der Waals surface area (Å²) in [6.45, 7) is 6.08. The number of rotatable bonds is 7. The van der Waals surface area contributed by atoms with Crippen molar-refractivity contribution >= 4 is 17.7 Å². The molecule has 2 aromatic rings. The number of hydrogen-bond donors (Lipinski definition) is 2. The molecule has 3 amide bonds. The maximum absolute atomic E-state index is 13.0. The first-order chi connectivity index (χ1) is 14.9. The third kappa shape index (κ3) is 4.33. The molecule has 6 heteroatoms. The van der Waals surface area contributed by atoms with Crippen LogP contribution in [0.3, 0.4) is 0 Å². The summed E-state index contributed by atoms with van der Waals surface area (Å²) in [5, 5.41) is 5.67. The Kier molecular flexibility index (Phi) is 5.81. The molecule has 0 aromatic heterocycles. The van der Waals surface area contributed by atoms with Gasteiger partial charge in [0, 0.05) is 11.6 Å². The molecule has 1 heterocycles. The molecule has 0 spiro atoms. The predicted octanol–water partition coefficient (Wildman–Crippen LogP) is 3.46. The fraction of sp³-hybridized carbons (Fsp3) is 0.400. The van der Waals surface area contributed by atoms with Gasteiger partial charge in [-0.1, -0.05) is 56.3 Å². The average molecular weight is 420 g/mol. The molecule has 1 fully saturated rings. The van der Waals surface area contributed by atoms with Crippen LogP contribution in [0.2, 0.25) is 0 Å². The minimum Gasteiger partial charge on any atom is -0.348 e. The summed E-state index contributed by atoms with van der Waals surface area (Å²) in [7, 11) is 0. The molecular formula is C25H29N3O3. The Morgan fingerprint density at radius 3 is 2.29 bits per heavy atom. The van der Waals surface area contributed by atoms with Gasteiger partial charge < -0.3 is 15.5 Å². The molecule has 1 saturated carbocycles. The Morgan fingerprint density at radius 2 is 1.65 bits per heavy atom. The molecular weight excluding hydrogens is 390 g/mol. The van der Waals surface area contributed by atoms with E-state index in [0.717, 1.165) is 24.0 Å². The first-order valence-corrected chi connectivity index (χ1v) is 11.0. The highest BCUT2D eigenvalue weighted by Gasteiger charge is 2.47. The van der Waals surface area contributed by atoms with Crippen LogP contribution in [0.5, 0.6) is 0 Å². The first-order valence-electron chi connectivity index (χ1n) is 11.0. The number of benzene rings is 2. The van der Waals surface area contributed by atoms with E-state index in [2.05, 4.69) is 36.6 Å². The standard InChI is InChI=1S/C25H29N3O3/c1-15(2)17-8-10-18(11-9-17)16(3)27-22(29)14-26-24(30)23-20-6-4-5-7-21(20)25(31)28(23)19-12-13-19/h4-11,15-16,19,23H,12-14H2,1-3H3,(H,26,30)(H,27,29). The summed E-state index contributed by atoms with van der Waals surface area (Å²) < 4.78 is 0. The van der Waals surface area contributed by atoms with Crippen LogP contribution in [0.15, 0.2) is 48.5 Å². The number of hydrogen-bond acceptors (Lipinski definition) is 3. The molecule has 2 unspecified atom stereocenters. The number of fused-ring (bicyclic) bond motifs is 1. The van der Waals surface area contributed by atoms with E-state index in [9.17, 15) is 14.4 Å². The Labute approximate surface area is 183 Å². The number of nitrogens with one attached hydrogen (secondary N) is 2. The Balaban J connectivity index is 1.37. The lowest BCUT2D eigenvalue weighted by atomic mass is 9.99. The lowest BCUT2D eigenvalue weighted by Crippen LogP contribution is -2.44. The van der Waals surface area contributed by atoms with Crippen LogP contribution in [0.25, 0.3) is 0 Å². The predicted molar refractivity (Wildman–Crippen MR) is 118 cm³/mol. The summed E-state index contributed by atoms with van der Waals surface area (Å²) in [5.74, 6) is -0.211. The zero-order valence-corrected chi connectivity index (χ0v) is 18.2. The molecule has 4 rings (SSSR count). The highest BCUT2D eigenvalue weighted by molar-refractivity contribution is 6.05. The molecule has 2 aliphatic rings. The van der Waals surface area contributed by atoms with E-state index in [-0.39, 0.29) is 36.3 Å². The second kappa shape index (κ2) is 8.53. The lowest BCUT2D eigenvalue weighted by molar-refractivity contribution is -0.129. The van der Waals surface area contributed by atoms with Gasteiger partial charge in [0.25, 0.3) is 5.91 Å². The molecule has 1 aliphatic heterocycles. The second-order valence-electron chi connectivity index (χ2n) is 8.76. The molecule has 0 saturated heterocycles. The SMILES string of the molecule is CC(C)c1ccc(C(C)NC(=O)CNC(=O)C2c3ccccc3C(=O)N2C2CC2)cc1. The van der Waals surface area contributed by atoms with E-state index in [1.807, 2.05) is 37.3 Å². The van der Waals surface area contributed by atoms with E-state index in [0.29, 0.717) is 11.5 Å². The fourth-order valence-electron chi connectivity index (χ4n) is 4.14. The van der Waals surface area contributed by atoms with E-state index in [4.69, 9.17) is 0 Å². The summed E-state index contributed by atoms with van der Waals surface area (Å²) in [4.78, 5) is 39.9. The summed E-state index contributed by atoms with van der Waals surface area (Å²) in [5.41, 5.74) is 3.56. The molecule has 2 atom stereocenters. The normalized spacial score (nSPS) is 18.6. The lowest BCUT2D eigenvalue weighted by Gasteiger charge is -2.24. The van der Waals surface area contributed by atoms with Crippen molar-refractivity contribution in [1.82, 2.24) is 15.5 Å². The molecule has 2 aromatic carbocycles. The van der Waals surface area contributed by atoms with Crippen LogP contribution in [-0.4, -0.2) is 35.2 Å². The van der Waals surface area contributed by atoms with Crippen molar-refractivity contribution in [3.8, 4) is 0 Å². The van der Waals surface area contributed by atoms with Gasteiger partial charge in [-0.05, 0) is 48.4 Å². The zero-order chi connectivity index (χ0) is 22.1. The minimum absolute atomic E-state index is 0.0961. The van der Waals surface area contributed by atoms with Crippen LogP contribution in [0.1, 0.15) is 78.7 Å². The maximum atomic E-state index is 13.0. The minimum atomic E-state index is -0.662. The van der Waals surface area contributed by atoms with Crippen LogP contribution in [-0.2, 0) is 9.59 Å². The molecule has 162 valence electrons. The Hall–Kier alpha value is -3.15. The van der Waals surface area contributed by atoms with Crippen molar-refractivity contribution in [1.29, 1.82) is 0 Å². The summed E-state index contributed by atoms with van der Waals surface area (Å²) in [6.07, 6.45) is 1.83. The van der Waals surface area contributed by atoms with Gasteiger partial charge in [-0.15, -0.1) is 0 Å². The van der Waals surface area contributed by atoms with Crippen molar-refractivity contribution in [2.75, 3.05) is 6.54 Å². The van der Waals surface area contributed by atoms with Gasteiger partial charge in [-0.2, -0.15) is 0 Å². The third-order valence-electron chi connectivity index (χ3n) is 6.09. The number of amides is 3. The summed E-state index contributed by atoms with van der Waals surface area (Å²) >= 11 is 0. The van der Waals surface area contributed by atoms with Crippen molar-refractivity contribution in [3.63, 3.8) is 0 Å². The largest absolute Gasteiger partial charge is 0.348 e. The Bertz CT molecular complexity index is 995. The monoisotopic (exact) mass is 419 g/mol. The number of carbonyl (C=O) groups excluding carboxylic acids is 3. The molecule has 0 bridgehead atoms. The average Bonchev–Trinajstić information content (AvgIpc) is 3.56. The molecule has 31 heavy (non-hydrogen) atoms. The van der Waals surface area contributed by atoms with Gasteiger partial charge in [0.05, 0.1) is 12.6 Å².